The highest BCUT2D eigenvalue weighted by atomic mass is 32.2. The molecule has 2 heterocycles. The largest absolute Gasteiger partial charge is 0.772 e. The number of aromatic hydroxyl groups is 1. The van der Waals surface area contributed by atoms with Crippen LogP contribution in [0.15, 0.2) is 48.7 Å². The Morgan fingerprint density at radius 2 is 1.97 bits per heavy atom. The molecule has 6 nitrogen and oxygen atoms in total. The minimum Gasteiger partial charge on any atom is -0.772 e. The Bertz CT molecular complexity index is 1080. The molecule has 1 aliphatic rings. The minimum atomic E-state index is -2.21. The first-order chi connectivity index (χ1) is 14.4. The van der Waals surface area contributed by atoms with Crippen LogP contribution in [0.25, 0.3) is 22.0 Å². The highest BCUT2D eigenvalue weighted by molar-refractivity contribution is 7.78. The second-order valence-electron chi connectivity index (χ2n) is 7.97. The Hall–Kier alpha value is -2.48. The summed E-state index contributed by atoms with van der Waals surface area (Å²) < 4.78 is 23.1. The second-order valence-corrected chi connectivity index (χ2v) is 8.87. The van der Waals surface area contributed by atoms with E-state index in [-0.39, 0.29) is 11.5 Å². The molecule has 0 bridgehead atoms. The van der Waals surface area contributed by atoms with Crippen LogP contribution in [-0.2, 0) is 16.8 Å². The van der Waals surface area contributed by atoms with Crippen molar-refractivity contribution < 1.29 is 13.9 Å². The predicted octanol–water partition coefficient (Wildman–Crippen LogP) is 3.52. The third kappa shape index (κ3) is 4.19. The molecule has 4 rings (SSSR count). The molecule has 2 aromatic carbocycles. The monoisotopic (exact) mass is 424 g/mol. The molecular formula is C23H26N3O3S-. The molecule has 30 heavy (non-hydrogen) atoms. The number of phenols is 1. The zero-order valence-corrected chi connectivity index (χ0v) is 18.1. The van der Waals surface area contributed by atoms with Crippen LogP contribution in [0, 0.1) is 0 Å². The number of rotatable bonds is 5. The molecule has 1 aliphatic heterocycles. The first-order valence-corrected chi connectivity index (χ1v) is 11.4. The first-order valence-electron chi connectivity index (χ1n) is 10.1. The lowest BCUT2D eigenvalue weighted by Gasteiger charge is -2.37. The maximum absolute atomic E-state index is 11.5. The summed E-state index contributed by atoms with van der Waals surface area (Å²) in [5, 5.41) is 11.2. The van der Waals surface area contributed by atoms with Gasteiger partial charge >= 0.3 is 0 Å². The van der Waals surface area contributed by atoms with Gasteiger partial charge in [-0.05, 0) is 56.7 Å². The topological polar surface area (TPSA) is 79.7 Å². The van der Waals surface area contributed by atoms with E-state index in [0.717, 1.165) is 53.6 Å². The van der Waals surface area contributed by atoms with Crippen molar-refractivity contribution >= 4 is 27.7 Å². The number of hydrogen-bond donors (Lipinski definition) is 1. The van der Waals surface area contributed by atoms with Crippen LogP contribution >= 0.6 is 0 Å². The number of piperidine rings is 1. The maximum atomic E-state index is 11.5. The molecular weight excluding hydrogens is 398 g/mol. The lowest BCUT2D eigenvalue weighted by atomic mass is 9.98. The number of fused-ring (bicyclic) bond motifs is 1. The lowest BCUT2D eigenvalue weighted by Crippen LogP contribution is -2.42. The van der Waals surface area contributed by atoms with Crippen molar-refractivity contribution in [3.8, 4) is 16.9 Å². The Kier molecular flexibility index (Phi) is 6.04. The molecule has 0 spiro atoms. The number of para-hydroxylation sites is 1. The molecule has 1 saturated heterocycles. The average Bonchev–Trinajstić information content (AvgIpc) is 2.73. The van der Waals surface area contributed by atoms with E-state index in [2.05, 4.69) is 28.9 Å². The van der Waals surface area contributed by atoms with Crippen molar-refractivity contribution in [2.45, 2.75) is 24.6 Å². The molecule has 1 fully saturated rings. The smallest absolute Gasteiger partial charge is 0.123 e. The molecule has 0 aliphatic carbocycles. The Balaban J connectivity index is 1.86. The summed E-state index contributed by atoms with van der Waals surface area (Å²) in [5.74, 6) is 0.141. The fraction of sp³-hybridized carbons (Fsp3) is 0.348. The number of nitrogens with zero attached hydrogens (tertiary/aromatic N) is 3. The summed E-state index contributed by atoms with van der Waals surface area (Å²) in [4.78, 5) is 9.07. The predicted molar refractivity (Wildman–Crippen MR) is 120 cm³/mol. The van der Waals surface area contributed by atoms with Crippen LogP contribution < -0.4 is 4.90 Å². The van der Waals surface area contributed by atoms with Gasteiger partial charge in [0, 0.05) is 41.6 Å². The highest BCUT2D eigenvalue weighted by Gasteiger charge is 2.24. The van der Waals surface area contributed by atoms with Gasteiger partial charge in [-0.3, -0.25) is 9.19 Å². The van der Waals surface area contributed by atoms with E-state index in [1.807, 2.05) is 30.3 Å². The fourth-order valence-corrected chi connectivity index (χ4v) is 4.78. The van der Waals surface area contributed by atoms with E-state index in [1.165, 1.54) is 0 Å². The molecule has 1 unspecified atom stereocenters. The van der Waals surface area contributed by atoms with E-state index in [1.54, 1.807) is 18.3 Å². The Morgan fingerprint density at radius 3 is 2.67 bits per heavy atom. The number of hydrogen-bond acceptors (Lipinski definition) is 6. The van der Waals surface area contributed by atoms with Gasteiger partial charge in [0.2, 0.25) is 0 Å². The maximum Gasteiger partial charge on any atom is 0.123 e. The van der Waals surface area contributed by atoms with E-state index >= 15 is 0 Å². The summed E-state index contributed by atoms with van der Waals surface area (Å²) in [5.41, 5.74) is 4.04. The fourth-order valence-electron chi connectivity index (χ4n) is 4.32. The first kappa shape index (κ1) is 20.8. The van der Waals surface area contributed by atoms with Crippen LogP contribution in [0.5, 0.6) is 5.75 Å². The van der Waals surface area contributed by atoms with Crippen LogP contribution in [-0.4, -0.2) is 57.0 Å². The zero-order valence-electron chi connectivity index (χ0n) is 17.2. The van der Waals surface area contributed by atoms with Gasteiger partial charge in [0.05, 0.1) is 11.2 Å². The summed E-state index contributed by atoms with van der Waals surface area (Å²) in [7, 11) is 4.18. The van der Waals surface area contributed by atoms with Crippen LogP contribution in [0.1, 0.15) is 18.4 Å². The van der Waals surface area contributed by atoms with Crippen molar-refractivity contribution in [2.75, 3.05) is 32.1 Å². The molecule has 1 atom stereocenters. The molecule has 0 saturated carbocycles. The number of aromatic nitrogens is 1. The third-order valence-electron chi connectivity index (χ3n) is 5.99. The second kappa shape index (κ2) is 8.71. The van der Waals surface area contributed by atoms with E-state index in [9.17, 15) is 13.9 Å². The van der Waals surface area contributed by atoms with E-state index in [4.69, 9.17) is 0 Å². The van der Waals surface area contributed by atoms with Gasteiger partial charge in [0.1, 0.15) is 5.75 Å². The molecule has 1 aromatic heterocycles. The van der Waals surface area contributed by atoms with Gasteiger partial charge in [0.25, 0.3) is 0 Å². The number of anilines is 1. The number of likely N-dealkylation sites (tertiary alicyclic amines) is 1. The SMILES string of the molecule is CN1CCC(N(C)c2c(CS(=O)[O-])cnc3ccc(-c4ccccc4O)cc23)CC1. The van der Waals surface area contributed by atoms with Gasteiger partial charge < -0.3 is 19.5 Å². The van der Waals surface area contributed by atoms with Crippen LogP contribution in [0.4, 0.5) is 5.69 Å². The van der Waals surface area contributed by atoms with E-state index < -0.39 is 11.1 Å². The highest BCUT2D eigenvalue weighted by Crippen LogP contribution is 2.37. The standard InChI is InChI=1S/C23H27N3O3S/c1-25-11-9-18(10-12-25)26(2)23-17(15-30(28)29)14-24-21-8-7-16(13-20(21)23)19-5-3-4-6-22(19)27/h3-8,13-14,18,27H,9-12,15H2,1-2H3,(H,28,29)/p-1. The third-order valence-corrected chi connectivity index (χ3v) is 6.54. The van der Waals surface area contributed by atoms with Gasteiger partial charge in [-0.1, -0.05) is 35.3 Å². The molecule has 0 amide bonds. The van der Waals surface area contributed by atoms with Crippen molar-refractivity contribution in [1.29, 1.82) is 0 Å². The van der Waals surface area contributed by atoms with Crippen LogP contribution in [0.3, 0.4) is 0 Å². The molecule has 0 radical (unpaired) electrons. The Morgan fingerprint density at radius 1 is 1.23 bits per heavy atom. The van der Waals surface area contributed by atoms with Gasteiger partial charge in [-0.2, -0.15) is 0 Å². The number of pyridine rings is 1. The molecule has 1 N–H and O–H groups in total. The minimum absolute atomic E-state index is 0.0734. The summed E-state index contributed by atoms with van der Waals surface area (Å²) in [6.45, 7) is 2.04. The summed E-state index contributed by atoms with van der Waals surface area (Å²) in [6.07, 6.45) is 3.73. The Labute approximate surface area is 179 Å². The number of phenolic OH excluding ortho intramolecular Hbond substituents is 1. The van der Waals surface area contributed by atoms with Crippen molar-refractivity contribution in [3.63, 3.8) is 0 Å². The van der Waals surface area contributed by atoms with Gasteiger partial charge in [-0.15, -0.1) is 0 Å². The quantitative estimate of drug-likeness (QED) is 0.632. The zero-order chi connectivity index (χ0) is 21.3. The van der Waals surface area contributed by atoms with E-state index in [0.29, 0.717) is 11.6 Å². The van der Waals surface area contributed by atoms with Crippen molar-refractivity contribution in [1.82, 2.24) is 9.88 Å². The van der Waals surface area contributed by atoms with Crippen molar-refractivity contribution in [2.24, 2.45) is 0 Å². The van der Waals surface area contributed by atoms with Crippen LogP contribution in [0.2, 0.25) is 0 Å². The summed E-state index contributed by atoms with van der Waals surface area (Å²) >= 11 is -2.21. The molecule has 7 heteroatoms. The van der Waals surface area contributed by atoms with Gasteiger partial charge in [-0.25, -0.2) is 0 Å². The normalized spacial score (nSPS) is 16.6. The molecule has 158 valence electrons. The summed E-state index contributed by atoms with van der Waals surface area (Å²) in [6, 6.07) is 13.4. The average molecular weight is 425 g/mol. The lowest BCUT2D eigenvalue weighted by molar-refractivity contribution is 0.253. The van der Waals surface area contributed by atoms with Gasteiger partial charge in [0.15, 0.2) is 0 Å². The number of benzene rings is 2. The van der Waals surface area contributed by atoms with Crippen molar-refractivity contribution in [3.05, 3.63) is 54.2 Å². The molecule has 3 aromatic rings.